The fourth-order valence-electron chi connectivity index (χ4n) is 3.27. The van der Waals surface area contributed by atoms with Crippen LogP contribution in [-0.2, 0) is 19.2 Å². The molecule has 182 valence electrons. The molecule has 4 N–H and O–H groups in total. The van der Waals surface area contributed by atoms with Crippen molar-refractivity contribution < 1.29 is 24.3 Å². The first-order valence-electron chi connectivity index (χ1n) is 9.98. The molecule has 1 saturated heterocycles. The van der Waals surface area contributed by atoms with Gasteiger partial charge in [-0.25, -0.2) is 4.79 Å². The Labute approximate surface area is 211 Å². The van der Waals surface area contributed by atoms with Gasteiger partial charge in [0.1, 0.15) is 24.2 Å². The number of oxime groups is 1. The topological polar surface area (TPSA) is 173 Å². The van der Waals surface area contributed by atoms with E-state index in [-0.39, 0.29) is 22.4 Å². The first-order chi connectivity index (χ1) is 16.8. The number of hydrogen-bond acceptors (Lipinski definition) is 12. The van der Waals surface area contributed by atoms with Crippen LogP contribution in [-0.4, -0.2) is 72.1 Å². The minimum Gasteiger partial charge on any atom is -0.477 e. The normalized spacial score (nSPS) is 20.0. The van der Waals surface area contributed by atoms with Crippen LogP contribution in [0.15, 0.2) is 39.5 Å². The number of nitrogens with one attached hydrogen (secondary N) is 1. The third-order valence-corrected chi connectivity index (χ3v) is 7.78. The molecule has 0 aromatic carbocycles. The number of β-lactam (4-membered cyclic amide) rings is 1. The fraction of sp³-hybridized carbons (Fsp3) is 0.250. The van der Waals surface area contributed by atoms with Crippen LogP contribution in [0.5, 0.6) is 0 Å². The highest BCUT2D eigenvalue weighted by Gasteiger charge is 2.54. The Morgan fingerprint density at radius 2 is 2.23 bits per heavy atom. The SMILES string of the molecule is CON=C(C(=O)NC1C(=O)N2C(C(=O)O)=C(S/C=C\c3ccc(C)nc3)CS[C@H]12)c1nsc(N)n1. The van der Waals surface area contributed by atoms with Crippen molar-refractivity contribution in [1.82, 2.24) is 24.6 Å². The van der Waals surface area contributed by atoms with Gasteiger partial charge in [-0.2, -0.15) is 9.36 Å². The van der Waals surface area contributed by atoms with Crippen LogP contribution >= 0.6 is 35.1 Å². The van der Waals surface area contributed by atoms with E-state index in [4.69, 9.17) is 10.6 Å². The van der Waals surface area contributed by atoms with Crippen LogP contribution < -0.4 is 11.1 Å². The highest BCUT2D eigenvalue weighted by Crippen LogP contribution is 2.43. The van der Waals surface area contributed by atoms with Crippen molar-refractivity contribution in [2.45, 2.75) is 18.3 Å². The molecule has 12 nitrogen and oxygen atoms in total. The third kappa shape index (κ3) is 5.16. The average molecular weight is 534 g/mol. The summed E-state index contributed by atoms with van der Waals surface area (Å²) < 4.78 is 3.94. The molecule has 1 fully saturated rings. The minimum atomic E-state index is -1.22. The Morgan fingerprint density at radius 3 is 2.86 bits per heavy atom. The van der Waals surface area contributed by atoms with Crippen molar-refractivity contribution in [1.29, 1.82) is 0 Å². The van der Waals surface area contributed by atoms with Crippen molar-refractivity contribution in [2.75, 3.05) is 18.6 Å². The van der Waals surface area contributed by atoms with Gasteiger partial charge in [0.15, 0.2) is 5.13 Å². The van der Waals surface area contributed by atoms with E-state index in [1.807, 2.05) is 25.1 Å². The van der Waals surface area contributed by atoms with Gasteiger partial charge in [0, 0.05) is 34.1 Å². The van der Waals surface area contributed by atoms with Crippen molar-refractivity contribution in [3.63, 3.8) is 0 Å². The predicted octanol–water partition coefficient (Wildman–Crippen LogP) is 1.27. The predicted molar refractivity (Wildman–Crippen MR) is 133 cm³/mol. The number of carboxylic acids is 1. The van der Waals surface area contributed by atoms with Crippen molar-refractivity contribution in [2.24, 2.45) is 5.16 Å². The van der Waals surface area contributed by atoms with E-state index in [1.54, 1.807) is 11.6 Å². The number of aryl methyl sites for hydroxylation is 1. The summed E-state index contributed by atoms with van der Waals surface area (Å²) in [6, 6.07) is 2.84. The average Bonchev–Trinajstić information content (AvgIpc) is 3.27. The first kappa shape index (κ1) is 24.7. The lowest BCUT2D eigenvalue weighted by atomic mass is 10.0. The van der Waals surface area contributed by atoms with E-state index in [0.29, 0.717) is 10.7 Å². The number of aliphatic carboxylic acids is 1. The van der Waals surface area contributed by atoms with Crippen LogP contribution in [0.25, 0.3) is 6.08 Å². The van der Waals surface area contributed by atoms with Gasteiger partial charge >= 0.3 is 5.97 Å². The number of carboxylic acid groups (broad SMARTS) is 1. The summed E-state index contributed by atoms with van der Waals surface area (Å²) in [4.78, 5) is 52.2. The highest BCUT2D eigenvalue weighted by molar-refractivity contribution is 8.08. The molecule has 2 atom stereocenters. The molecule has 2 aliphatic heterocycles. The Bertz CT molecular complexity index is 1260. The number of anilines is 1. The van der Waals surface area contributed by atoms with E-state index in [0.717, 1.165) is 22.8 Å². The van der Waals surface area contributed by atoms with Gasteiger partial charge in [-0.05, 0) is 30.0 Å². The summed E-state index contributed by atoms with van der Waals surface area (Å²) in [5.41, 5.74) is 7.00. The number of nitrogens with two attached hydrogens (primary N) is 1. The number of nitrogens with zero attached hydrogens (tertiary/aromatic N) is 5. The molecular formula is C20H19N7O5S3. The highest BCUT2D eigenvalue weighted by atomic mass is 32.2. The summed E-state index contributed by atoms with van der Waals surface area (Å²) in [7, 11) is 1.25. The van der Waals surface area contributed by atoms with Gasteiger partial charge in [-0.1, -0.05) is 23.0 Å². The Kier molecular flexibility index (Phi) is 7.37. The number of carbonyl (C=O) groups excluding carboxylic acids is 2. The summed E-state index contributed by atoms with van der Waals surface area (Å²) in [6.45, 7) is 1.89. The summed E-state index contributed by atoms with van der Waals surface area (Å²) in [5, 5.41) is 17.4. The molecule has 2 aromatic rings. The molecule has 0 bridgehead atoms. The number of thioether (sulfide) groups is 2. The molecule has 2 aliphatic rings. The second-order valence-electron chi connectivity index (χ2n) is 7.17. The van der Waals surface area contributed by atoms with Gasteiger partial charge in [-0.15, -0.1) is 11.8 Å². The maximum Gasteiger partial charge on any atom is 0.353 e. The molecule has 0 spiro atoms. The van der Waals surface area contributed by atoms with Crippen LogP contribution in [0.1, 0.15) is 17.1 Å². The fourth-order valence-corrected chi connectivity index (χ4v) is 6.06. The second kappa shape index (κ2) is 10.5. The molecule has 0 radical (unpaired) electrons. The number of nitrogen functional groups attached to an aromatic ring is 1. The molecule has 2 amide bonds. The molecule has 4 rings (SSSR count). The van der Waals surface area contributed by atoms with Crippen LogP contribution in [0, 0.1) is 6.92 Å². The molecule has 2 aromatic heterocycles. The van der Waals surface area contributed by atoms with E-state index < -0.39 is 29.2 Å². The first-order valence-corrected chi connectivity index (χ1v) is 12.7. The molecule has 0 aliphatic carbocycles. The Hall–Kier alpha value is -3.43. The van der Waals surface area contributed by atoms with Crippen molar-refractivity contribution in [3.8, 4) is 0 Å². The van der Waals surface area contributed by atoms with E-state index in [2.05, 4.69) is 24.8 Å². The lowest BCUT2D eigenvalue weighted by Crippen LogP contribution is -2.71. The van der Waals surface area contributed by atoms with E-state index >= 15 is 0 Å². The zero-order valence-corrected chi connectivity index (χ0v) is 20.8. The summed E-state index contributed by atoms with van der Waals surface area (Å²) in [6.07, 6.45) is 3.53. The Balaban J connectivity index is 1.48. The number of pyridine rings is 1. The summed E-state index contributed by atoms with van der Waals surface area (Å²) in [5.74, 6) is -2.18. The lowest BCUT2D eigenvalue weighted by molar-refractivity contribution is -0.150. The van der Waals surface area contributed by atoms with Gasteiger partial charge < -0.3 is 21.0 Å². The van der Waals surface area contributed by atoms with Crippen LogP contribution in [0.3, 0.4) is 0 Å². The van der Waals surface area contributed by atoms with Gasteiger partial charge in [0.25, 0.3) is 11.8 Å². The molecule has 15 heteroatoms. The lowest BCUT2D eigenvalue weighted by Gasteiger charge is -2.49. The number of aromatic nitrogens is 3. The van der Waals surface area contributed by atoms with Crippen LogP contribution in [0.2, 0.25) is 0 Å². The monoisotopic (exact) mass is 533 g/mol. The maximum absolute atomic E-state index is 12.9. The largest absolute Gasteiger partial charge is 0.477 e. The number of rotatable bonds is 8. The number of carbonyl (C=O) groups is 3. The molecule has 4 heterocycles. The van der Waals surface area contributed by atoms with Crippen molar-refractivity contribution >= 4 is 69.8 Å². The quantitative estimate of drug-likeness (QED) is 0.253. The minimum absolute atomic E-state index is 0.0350. The van der Waals surface area contributed by atoms with Gasteiger partial charge in [0.05, 0.1) is 0 Å². The number of fused-ring (bicyclic) bond motifs is 1. The zero-order valence-electron chi connectivity index (χ0n) is 18.4. The molecule has 35 heavy (non-hydrogen) atoms. The zero-order chi connectivity index (χ0) is 25.1. The smallest absolute Gasteiger partial charge is 0.353 e. The van der Waals surface area contributed by atoms with Crippen molar-refractivity contribution in [3.05, 3.63) is 51.4 Å². The van der Waals surface area contributed by atoms with Gasteiger partial charge in [0.2, 0.25) is 11.5 Å². The second-order valence-corrected chi connectivity index (χ2v) is 10.1. The number of amides is 2. The standard InChI is InChI=1S/C20H19N7O5S3/c1-9-3-4-10(7-22-9)5-6-33-11-8-34-18-13(17(29)27(18)14(11)19(30)31)23-16(28)12(25-32-2)15-24-20(21)35-26-15/h3-7,13,18H,8H2,1-2H3,(H,23,28)(H,30,31)(H2,21,24,26)/b6-5-,25-12?/t13?,18-/m1/s1. The number of hydrogen-bond donors (Lipinski definition) is 3. The molecule has 1 unspecified atom stereocenters. The van der Waals surface area contributed by atoms with Gasteiger partial charge in [-0.3, -0.25) is 19.5 Å². The van der Waals surface area contributed by atoms with Crippen LogP contribution in [0.4, 0.5) is 5.13 Å². The van der Waals surface area contributed by atoms with E-state index in [1.165, 1.54) is 35.5 Å². The molecular weight excluding hydrogens is 514 g/mol. The molecule has 0 saturated carbocycles. The summed E-state index contributed by atoms with van der Waals surface area (Å²) >= 11 is 3.46. The Morgan fingerprint density at radius 1 is 1.43 bits per heavy atom. The van der Waals surface area contributed by atoms with E-state index in [9.17, 15) is 19.5 Å². The third-order valence-electron chi connectivity index (χ3n) is 4.88. The maximum atomic E-state index is 12.9.